The predicted molar refractivity (Wildman–Crippen MR) is 75.3 cm³/mol. The van der Waals surface area contributed by atoms with Gasteiger partial charge in [0, 0.05) is 22.2 Å². The average Bonchev–Trinajstić information content (AvgIpc) is 2.64. The van der Waals surface area contributed by atoms with Crippen LogP contribution in [0.15, 0.2) is 23.1 Å². The van der Waals surface area contributed by atoms with Crippen molar-refractivity contribution in [2.75, 3.05) is 0 Å². The smallest absolute Gasteiger partial charge is 0.0557 e. The van der Waals surface area contributed by atoms with Gasteiger partial charge in [0.05, 0.1) is 10.0 Å². The van der Waals surface area contributed by atoms with Crippen molar-refractivity contribution in [3.63, 3.8) is 0 Å². The highest BCUT2D eigenvalue weighted by Crippen LogP contribution is 2.42. The summed E-state index contributed by atoms with van der Waals surface area (Å²) in [5.41, 5.74) is 0. The minimum absolute atomic E-state index is 0.658. The zero-order chi connectivity index (χ0) is 11.8. The molecule has 2 aliphatic heterocycles. The molecule has 1 nitrogen and oxygen atoms in total. The van der Waals surface area contributed by atoms with E-state index in [0.29, 0.717) is 17.3 Å². The van der Waals surface area contributed by atoms with Crippen molar-refractivity contribution >= 4 is 35.0 Å². The van der Waals surface area contributed by atoms with Crippen molar-refractivity contribution in [3.05, 3.63) is 28.2 Å². The Bertz CT molecular complexity index is 392. The van der Waals surface area contributed by atoms with Gasteiger partial charge in [-0.15, -0.1) is 11.8 Å². The van der Waals surface area contributed by atoms with Crippen LogP contribution < -0.4 is 5.32 Å². The average molecular weight is 288 g/mol. The van der Waals surface area contributed by atoms with Crippen LogP contribution in [-0.4, -0.2) is 17.3 Å². The monoisotopic (exact) mass is 287 g/mol. The van der Waals surface area contributed by atoms with E-state index in [1.165, 1.54) is 25.7 Å². The maximum absolute atomic E-state index is 6.22. The quantitative estimate of drug-likeness (QED) is 0.867. The summed E-state index contributed by atoms with van der Waals surface area (Å²) in [6, 6.07) is 7.18. The van der Waals surface area contributed by atoms with E-state index in [4.69, 9.17) is 23.2 Å². The first-order valence-electron chi connectivity index (χ1n) is 6.09. The third-order valence-electron chi connectivity index (χ3n) is 3.63. The van der Waals surface area contributed by atoms with Crippen LogP contribution in [0.1, 0.15) is 25.7 Å². The molecule has 2 saturated heterocycles. The lowest BCUT2D eigenvalue weighted by molar-refractivity contribution is 0.415. The second kappa shape index (κ2) is 5.00. The summed E-state index contributed by atoms with van der Waals surface area (Å²) in [5, 5.41) is 5.89. The standard InChI is InChI=1S/C13H15Cl2NS/c14-11-2-1-3-12(15)13(11)17-10-6-8-4-5-9(7-10)16-8/h1-3,8-10,16H,4-7H2/t8-,9-/m0/s1. The fourth-order valence-electron chi connectivity index (χ4n) is 2.86. The van der Waals surface area contributed by atoms with E-state index in [2.05, 4.69) is 5.32 Å². The Hall–Kier alpha value is 0.110. The van der Waals surface area contributed by atoms with Gasteiger partial charge in [-0.3, -0.25) is 0 Å². The summed E-state index contributed by atoms with van der Waals surface area (Å²) in [6.45, 7) is 0. The second-order valence-corrected chi connectivity index (χ2v) is 7.02. The molecule has 4 heteroatoms. The van der Waals surface area contributed by atoms with Crippen molar-refractivity contribution < 1.29 is 0 Å². The molecule has 0 amide bonds. The van der Waals surface area contributed by atoms with Crippen molar-refractivity contribution in [1.82, 2.24) is 5.32 Å². The number of rotatable bonds is 2. The fraction of sp³-hybridized carbons (Fsp3) is 0.538. The Morgan fingerprint density at radius 1 is 1.06 bits per heavy atom. The maximum atomic E-state index is 6.22. The van der Waals surface area contributed by atoms with Gasteiger partial charge in [0.25, 0.3) is 0 Å². The Morgan fingerprint density at radius 2 is 1.65 bits per heavy atom. The number of fused-ring (bicyclic) bond motifs is 2. The Morgan fingerprint density at radius 3 is 2.24 bits per heavy atom. The fourth-order valence-corrected chi connectivity index (χ4v) is 4.88. The second-order valence-electron chi connectivity index (χ2n) is 4.90. The molecular weight excluding hydrogens is 273 g/mol. The van der Waals surface area contributed by atoms with Crippen LogP contribution in [-0.2, 0) is 0 Å². The number of hydrogen-bond acceptors (Lipinski definition) is 2. The van der Waals surface area contributed by atoms with E-state index in [0.717, 1.165) is 14.9 Å². The van der Waals surface area contributed by atoms with Crippen molar-refractivity contribution in [1.29, 1.82) is 0 Å². The van der Waals surface area contributed by atoms with Gasteiger partial charge in [-0.1, -0.05) is 29.3 Å². The molecule has 0 unspecified atom stereocenters. The first-order chi connectivity index (χ1) is 8.22. The van der Waals surface area contributed by atoms with Gasteiger partial charge in [-0.05, 0) is 37.8 Å². The Kier molecular flexibility index (Phi) is 3.58. The lowest BCUT2D eigenvalue weighted by atomic mass is 10.1. The van der Waals surface area contributed by atoms with Gasteiger partial charge in [-0.2, -0.15) is 0 Å². The minimum Gasteiger partial charge on any atom is -0.311 e. The number of nitrogens with one attached hydrogen (secondary N) is 1. The number of hydrogen-bond donors (Lipinski definition) is 1. The van der Waals surface area contributed by atoms with Crippen LogP contribution >= 0.6 is 35.0 Å². The van der Waals surface area contributed by atoms with Gasteiger partial charge in [0.2, 0.25) is 0 Å². The normalized spacial score (nSPS) is 31.8. The molecule has 92 valence electrons. The molecule has 2 bridgehead atoms. The zero-order valence-electron chi connectivity index (χ0n) is 9.46. The van der Waals surface area contributed by atoms with Gasteiger partial charge in [0.1, 0.15) is 0 Å². The first-order valence-corrected chi connectivity index (χ1v) is 7.72. The molecule has 3 rings (SSSR count). The highest BCUT2D eigenvalue weighted by atomic mass is 35.5. The Labute approximate surface area is 116 Å². The molecule has 1 aromatic rings. The molecule has 2 aliphatic rings. The van der Waals surface area contributed by atoms with Gasteiger partial charge >= 0.3 is 0 Å². The van der Waals surface area contributed by atoms with Crippen molar-refractivity contribution in [2.45, 2.75) is 47.9 Å². The van der Waals surface area contributed by atoms with E-state index < -0.39 is 0 Å². The van der Waals surface area contributed by atoms with E-state index in [1.807, 2.05) is 30.0 Å². The lowest BCUT2D eigenvalue weighted by Crippen LogP contribution is -2.39. The molecule has 0 aliphatic carbocycles. The third kappa shape index (κ3) is 2.60. The predicted octanol–water partition coefficient (Wildman–Crippen LogP) is 4.37. The summed E-state index contributed by atoms with van der Waals surface area (Å²) < 4.78 is 0. The van der Waals surface area contributed by atoms with Crippen LogP contribution in [0.3, 0.4) is 0 Å². The van der Waals surface area contributed by atoms with Gasteiger partial charge < -0.3 is 5.32 Å². The van der Waals surface area contributed by atoms with E-state index in [1.54, 1.807) is 0 Å². The molecule has 0 saturated carbocycles. The molecule has 17 heavy (non-hydrogen) atoms. The zero-order valence-corrected chi connectivity index (χ0v) is 11.8. The topological polar surface area (TPSA) is 12.0 Å². The van der Waals surface area contributed by atoms with Crippen LogP contribution in [0.4, 0.5) is 0 Å². The Balaban J connectivity index is 1.74. The number of piperidine rings is 1. The number of benzene rings is 1. The first kappa shape index (κ1) is 12.2. The van der Waals surface area contributed by atoms with E-state index in [9.17, 15) is 0 Å². The summed E-state index contributed by atoms with van der Waals surface area (Å²) in [6.07, 6.45) is 5.14. The molecule has 2 fully saturated rings. The van der Waals surface area contributed by atoms with Crippen molar-refractivity contribution in [3.8, 4) is 0 Å². The minimum atomic E-state index is 0.658. The molecule has 0 radical (unpaired) electrons. The maximum Gasteiger partial charge on any atom is 0.0557 e. The third-order valence-corrected chi connectivity index (χ3v) is 5.88. The largest absolute Gasteiger partial charge is 0.311 e. The highest BCUT2D eigenvalue weighted by molar-refractivity contribution is 8.00. The van der Waals surface area contributed by atoms with Gasteiger partial charge in [0.15, 0.2) is 0 Å². The van der Waals surface area contributed by atoms with Crippen LogP contribution in [0.2, 0.25) is 10.0 Å². The highest BCUT2D eigenvalue weighted by Gasteiger charge is 2.34. The van der Waals surface area contributed by atoms with E-state index in [-0.39, 0.29) is 0 Å². The molecule has 0 spiro atoms. The molecule has 1 N–H and O–H groups in total. The summed E-state index contributed by atoms with van der Waals surface area (Å²) in [4.78, 5) is 1.06. The molecule has 2 atom stereocenters. The lowest BCUT2D eigenvalue weighted by Gasteiger charge is -2.29. The summed E-state index contributed by atoms with van der Waals surface area (Å²) in [7, 11) is 0. The van der Waals surface area contributed by atoms with Crippen molar-refractivity contribution in [2.24, 2.45) is 0 Å². The number of halogens is 2. The van der Waals surface area contributed by atoms with E-state index >= 15 is 0 Å². The van der Waals surface area contributed by atoms with Crippen LogP contribution in [0.5, 0.6) is 0 Å². The van der Waals surface area contributed by atoms with Gasteiger partial charge in [-0.25, -0.2) is 0 Å². The molecule has 2 heterocycles. The summed E-state index contributed by atoms with van der Waals surface area (Å²) in [5.74, 6) is 0. The molecule has 1 aromatic carbocycles. The molecular formula is C13H15Cl2NS. The molecule has 0 aromatic heterocycles. The summed E-state index contributed by atoms with van der Waals surface area (Å²) >= 11 is 14.3. The SMILES string of the molecule is Clc1cccc(Cl)c1SC1C[C@@H]2CC[C@@H](C1)N2. The van der Waals surface area contributed by atoms with Crippen LogP contribution in [0, 0.1) is 0 Å². The van der Waals surface area contributed by atoms with Crippen LogP contribution in [0.25, 0.3) is 0 Å². The number of thioether (sulfide) groups is 1.